The van der Waals surface area contributed by atoms with Crippen molar-refractivity contribution in [1.82, 2.24) is 25.9 Å². The van der Waals surface area contributed by atoms with Gasteiger partial charge in [-0.2, -0.15) is 11.8 Å². The number of H-pyrrole nitrogens is 1. The molecule has 2 rings (SSSR count). The third-order valence-electron chi connectivity index (χ3n) is 5.48. The zero-order valence-corrected chi connectivity index (χ0v) is 21.6. The summed E-state index contributed by atoms with van der Waals surface area (Å²) in [6.07, 6.45) is 4.25. The monoisotopic (exact) mass is 548 g/mol. The van der Waals surface area contributed by atoms with Crippen LogP contribution in [-0.4, -0.2) is 86.0 Å². The van der Waals surface area contributed by atoms with Crippen molar-refractivity contribution < 1.29 is 34.2 Å². The topological polar surface area (TPSA) is 217 Å². The van der Waals surface area contributed by atoms with E-state index < -0.39 is 60.2 Å². The van der Waals surface area contributed by atoms with Crippen LogP contribution in [0.15, 0.2) is 42.9 Å². The average Bonchev–Trinajstić information content (AvgIpc) is 3.38. The number of hydrogen-bond acceptors (Lipinski definition) is 8. The molecule has 0 saturated carbocycles. The highest BCUT2D eigenvalue weighted by molar-refractivity contribution is 7.98. The minimum Gasteiger partial charge on any atom is -0.481 e. The van der Waals surface area contributed by atoms with Gasteiger partial charge in [-0.3, -0.25) is 19.2 Å². The van der Waals surface area contributed by atoms with Gasteiger partial charge in [-0.25, -0.2) is 9.78 Å². The molecule has 0 fully saturated rings. The largest absolute Gasteiger partial charge is 0.481 e. The van der Waals surface area contributed by atoms with Gasteiger partial charge in [0.2, 0.25) is 17.7 Å². The number of nitrogens with zero attached hydrogens (tertiary/aromatic N) is 1. The molecule has 14 heteroatoms. The fraction of sp³-hybridized carbons (Fsp3) is 0.417. The Morgan fingerprint density at radius 1 is 0.947 bits per heavy atom. The lowest BCUT2D eigenvalue weighted by molar-refractivity contribution is -0.147. The highest BCUT2D eigenvalue weighted by atomic mass is 32.2. The molecule has 1 aromatic carbocycles. The summed E-state index contributed by atoms with van der Waals surface area (Å²) in [5.74, 6) is -4.62. The Labute approximate surface area is 223 Å². The van der Waals surface area contributed by atoms with Crippen molar-refractivity contribution in [1.29, 1.82) is 0 Å². The molecule has 13 nitrogen and oxygen atoms in total. The molecule has 1 aromatic heterocycles. The van der Waals surface area contributed by atoms with Gasteiger partial charge < -0.3 is 36.9 Å². The van der Waals surface area contributed by atoms with Crippen LogP contribution in [0, 0.1) is 0 Å². The van der Waals surface area contributed by atoms with Gasteiger partial charge in [-0.15, -0.1) is 0 Å². The highest BCUT2D eigenvalue weighted by Gasteiger charge is 2.31. The van der Waals surface area contributed by atoms with E-state index in [0.29, 0.717) is 11.4 Å². The number of benzene rings is 1. The normalized spacial score (nSPS) is 13.9. The standard InChI is InChI=1S/C24H32N6O7S/c1-38-8-7-17(22(34)30-19(24(36)37)11-20(31)32)28-23(35)18(10-15-12-26-13-27-15)29-21(33)16(25)9-14-5-3-2-4-6-14/h2-6,12-13,16-19H,7-11,25H2,1H3,(H,26,27)(H,28,35)(H,29,33)(H,30,34)(H,31,32)(H,36,37). The smallest absolute Gasteiger partial charge is 0.326 e. The number of carboxylic acid groups (broad SMARTS) is 2. The van der Waals surface area contributed by atoms with E-state index in [9.17, 15) is 29.1 Å². The quantitative estimate of drug-likeness (QED) is 0.140. The first-order valence-corrected chi connectivity index (χ1v) is 13.1. The van der Waals surface area contributed by atoms with Crippen molar-refractivity contribution in [3.8, 4) is 0 Å². The molecule has 0 aliphatic heterocycles. The first kappa shape index (κ1) is 30.3. The van der Waals surface area contributed by atoms with Crippen molar-refractivity contribution in [2.45, 2.75) is 49.9 Å². The van der Waals surface area contributed by atoms with Crippen molar-refractivity contribution >= 4 is 41.4 Å². The van der Waals surface area contributed by atoms with E-state index in [-0.39, 0.29) is 19.3 Å². The summed E-state index contributed by atoms with van der Waals surface area (Å²) in [5, 5.41) is 25.6. The molecule has 0 spiro atoms. The second kappa shape index (κ2) is 15.4. The molecule has 0 saturated heterocycles. The number of aliphatic carboxylic acids is 2. The molecule has 206 valence electrons. The minimum absolute atomic E-state index is 0.0171. The number of thioether (sulfide) groups is 1. The lowest BCUT2D eigenvalue weighted by Gasteiger charge is -2.25. The summed E-state index contributed by atoms with van der Waals surface area (Å²) in [7, 11) is 0. The summed E-state index contributed by atoms with van der Waals surface area (Å²) >= 11 is 1.40. The van der Waals surface area contributed by atoms with Gasteiger partial charge in [0.15, 0.2) is 0 Å². The van der Waals surface area contributed by atoms with Crippen LogP contribution in [0.4, 0.5) is 0 Å². The lowest BCUT2D eigenvalue weighted by Crippen LogP contribution is -2.58. The number of nitrogens with one attached hydrogen (secondary N) is 4. The van der Waals surface area contributed by atoms with E-state index in [1.165, 1.54) is 24.3 Å². The first-order chi connectivity index (χ1) is 18.1. The Hall–Kier alpha value is -3.91. The minimum atomic E-state index is -1.68. The number of carbonyl (C=O) groups is 5. The average molecular weight is 549 g/mol. The number of rotatable bonds is 16. The van der Waals surface area contributed by atoms with Crippen molar-refractivity contribution in [3.63, 3.8) is 0 Å². The van der Waals surface area contributed by atoms with E-state index in [2.05, 4.69) is 25.9 Å². The van der Waals surface area contributed by atoms with Crippen LogP contribution in [0.2, 0.25) is 0 Å². The van der Waals surface area contributed by atoms with Crippen LogP contribution < -0.4 is 21.7 Å². The summed E-state index contributed by atoms with van der Waals surface area (Å²) in [6.45, 7) is 0. The van der Waals surface area contributed by atoms with Crippen molar-refractivity contribution in [2.75, 3.05) is 12.0 Å². The number of aromatic nitrogens is 2. The molecular formula is C24H32N6O7S. The maximum Gasteiger partial charge on any atom is 0.326 e. The summed E-state index contributed by atoms with van der Waals surface area (Å²) in [5.41, 5.74) is 7.46. The molecule has 0 aliphatic carbocycles. The summed E-state index contributed by atoms with van der Waals surface area (Å²) < 4.78 is 0. The SMILES string of the molecule is CSCCC(NC(=O)C(Cc1cnc[nH]1)NC(=O)C(N)Cc1ccccc1)C(=O)NC(CC(=O)O)C(=O)O. The van der Waals surface area contributed by atoms with Gasteiger partial charge in [0, 0.05) is 18.3 Å². The maximum atomic E-state index is 13.3. The molecule has 1 heterocycles. The van der Waals surface area contributed by atoms with Gasteiger partial charge in [-0.05, 0) is 30.4 Å². The zero-order chi connectivity index (χ0) is 28.1. The molecule has 0 radical (unpaired) electrons. The molecule has 8 N–H and O–H groups in total. The zero-order valence-electron chi connectivity index (χ0n) is 20.8. The second-order valence-electron chi connectivity index (χ2n) is 8.48. The number of carboxylic acids is 2. The predicted molar refractivity (Wildman–Crippen MR) is 139 cm³/mol. The first-order valence-electron chi connectivity index (χ1n) is 11.7. The third-order valence-corrected chi connectivity index (χ3v) is 6.13. The van der Waals surface area contributed by atoms with Crippen LogP contribution in [0.3, 0.4) is 0 Å². The fourth-order valence-electron chi connectivity index (χ4n) is 3.49. The predicted octanol–water partition coefficient (Wildman–Crippen LogP) is -0.711. The highest BCUT2D eigenvalue weighted by Crippen LogP contribution is 2.07. The lowest BCUT2D eigenvalue weighted by atomic mass is 10.0. The van der Waals surface area contributed by atoms with Crippen molar-refractivity contribution in [2.24, 2.45) is 5.73 Å². The van der Waals surface area contributed by atoms with Crippen LogP contribution in [0.25, 0.3) is 0 Å². The molecule has 3 amide bonds. The maximum absolute atomic E-state index is 13.3. The van der Waals surface area contributed by atoms with Gasteiger partial charge in [0.1, 0.15) is 18.1 Å². The Balaban J connectivity index is 2.16. The van der Waals surface area contributed by atoms with Gasteiger partial charge >= 0.3 is 11.9 Å². The van der Waals surface area contributed by atoms with Gasteiger partial charge in [-0.1, -0.05) is 30.3 Å². The summed E-state index contributed by atoms with van der Waals surface area (Å²) in [6, 6.07) is 4.19. The van der Waals surface area contributed by atoms with E-state index in [0.717, 1.165) is 5.56 Å². The third kappa shape index (κ3) is 10.2. The van der Waals surface area contributed by atoms with Crippen molar-refractivity contribution in [3.05, 3.63) is 54.1 Å². The van der Waals surface area contributed by atoms with E-state index in [1.807, 2.05) is 30.3 Å². The van der Waals surface area contributed by atoms with Gasteiger partial charge in [0.25, 0.3) is 0 Å². The van der Waals surface area contributed by atoms with Crippen LogP contribution in [0.5, 0.6) is 0 Å². The number of nitrogens with two attached hydrogens (primary N) is 1. The van der Waals surface area contributed by atoms with Crippen LogP contribution in [-0.2, 0) is 36.8 Å². The van der Waals surface area contributed by atoms with E-state index >= 15 is 0 Å². The number of hydrogen-bond donors (Lipinski definition) is 7. The number of imidazole rings is 1. The Morgan fingerprint density at radius 3 is 2.16 bits per heavy atom. The molecule has 0 bridgehead atoms. The number of aromatic amines is 1. The van der Waals surface area contributed by atoms with E-state index in [4.69, 9.17) is 10.8 Å². The van der Waals surface area contributed by atoms with Crippen LogP contribution >= 0.6 is 11.8 Å². The van der Waals surface area contributed by atoms with Gasteiger partial charge in [0.05, 0.1) is 18.8 Å². The molecule has 4 atom stereocenters. The van der Waals surface area contributed by atoms with Crippen LogP contribution in [0.1, 0.15) is 24.1 Å². The fourth-order valence-corrected chi connectivity index (χ4v) is 3.96. The van der Waals surface area contributed by atoms with E-state index in [1.54, 1.807) is 6.26 Å². The number of carbonyl (C=O) groups excluding carboxylic acids is 3. The molecule has 0 aliphatic rings. The molecule has 2 aromatic rings. The Bertz CT molecular complexity index is 1080. The Kier molecular flexibility index (Phi) is 12.3. The molecular weight excluding hydrogens is 516 g/mol. The molecule has 38 heavy (non-hydrogen) atoms. The number of amides is 3. The Morgan fingerprint density at radius 2 is 1.58 bits per heavy atom. The summed E-state index contributed by atoms with van der Waals surface area (Å²) in [4.78, 5) is 68.1. The molecule has 4 unspecified atom stereocenters. The second-order valence-corrected chi connectivity index (χ2v) is 9.46.